The van der Waals surface area contributed by atoms with Crippen LogP contribution in [-0.4, -0.2) is 64.8 Å². The van der Waals surface area contributed by atoms with Crippen LogP contribution in [0.1, 0.15) is 36.5 Å². The van der Waals surface area contributed by atoms with Gasteiger partial charge in [-0.3, -0.25) is 14.4 Å². The highest BCUT2D eigenvalue weighted by Gasteiger charge is 2.75. The number of aryl methyl sites for hydroxylation is 2. The van der Waals surface area contributed by atoms with Crippen molar-refractivity contribution >= 4 is 23.5 Å². The predicted molar refractivity (Wildman–Crippen MR) is 137 cm³/mol. The zero-order valence-electron chi connectivity index (χ0n) is 21.5. The minimum atomic E-state index is -1.15. The number of rotatable bonds is 8. The first-order chi connectivity index (χ1) is 17.8. The van der Waals surface area contributed by atoms with E-state index in [0.717, 1.165) is 16.7 Å². The molecule has 1 spiro atoms. The van der Waals surface area contributed by atoms with Crippen LogP contribution in [0.5, 0.6) is 0 Å². The molecule has 3 aliphatic rings. The molecule has 37 heavy (non-hydrogen) atoms. The molecule has 5 rings (SSSR count). The van der Waals surface area contributed by atoms with Gasteiger partial charge in [0.05, 0.1) is 37.2 Å². The van der Waals surface area contributed by atoms with Crippen molar-refractivity contribution in [1.82, 2.24) is 4.90 Å². The Morgan fingerprint density at radius 2 is 1.97 bits per heavy atom. The molecule has 2 amide bonds. The molecule has 2 bridgehead atoms. The fraction of sp³-hybridized carbons (Fsp3) is 0.483. The van der Waals surface area contributed by atoms with Gasteiger partial charge in [-0.15, -0.1) is 0 Å². The van der Waals surface area contributed by atoms with Crippen LogP contribution in [0.15, 0.2) is 48.5 Å². The van der Waals surface area contributed by atoms with E-state index in [-0.39, 0.29) is 25.0 Å². The summed E-state index contributed by atoms with van der Waals surface area (Å²) in [4.78, 5) is 42.6. The van der Waals surface area contributed by atoms with Gasteiger partial charge >= 0.3 is 5.97 Å². The number of likely N-dealkylation sites (tertiary alicyclic amines) is 1. The van der Waals surface area contributed by atoms with Crippen molar-refractivity contribution in [2.75, 3.05) is 18.5 Å². The van der Waals surface area contributed by atoms with Gasteiger partial charge in [-0.2, -0.15) is 0 Å². The molecule has 3 saturated heterocycles. The van der Waals surface area contributed by atoms with Crippen LogP contribution in [0.2, 0.25) is 0 Å². The van der Waals surface area contributed by atoms with Crippen LogP contribution in [0.25, 0.3) is 0 Å². The second-order valence-electron chi connectivity index (χ2n) is 10.4. The lowest BCUT2D eigenvalue weighted by Gasteiger charge is -2.37. The van der Waals surface area contributed by atoms with Crippen LogP contribution in [0.4, 0.5) is 5.69 Å². The van der Waals surface area contributed by atoms with E-state index in [1.54, 1.807) is 6.92 Å². The average Bonchev–Trinajstić information content (AvgIpc) is 3.53. The number of fused-ring (bicyclic) bond motifs is 1. The van der Waals surface area contributed by atoms with E-state index in [1.807, 2.05) is 62.4 Å². The van der Waals surface area contributed by atoms with E-state index in [0.29, 0.717) is 24.9 Å². The summed E-state index contributed by atoms with van der Waals surface area (Å²) in [6.07, 6.45) is 0.950. The van der Waals surface area contributed by atoms with Crippen molar-refractivity contribution in [3.05, 3.63) is 65.2 Å². The molecule has 0 saturated carbocycles. The minimum absolute atomic E-state index is 0.198. The lowest BCUT2D eigenvalue weighted by Crippen LogP contribution is -2.56. The number of benzene rings is 2. The van der Waals surface area contributed by atoms with Crippen LogP contribution in [0.3, 0.4) is 0 Å². The van der Waals surface area contributed by atoms with Crippen molar-refractivity contribution in [1.29, 1.82) is 0 Å². The van der Waals surface area contributed by atoms with E-state index in [1.165, 1.54) is 4.90 Å². The van der Waals surface area contributed by atoms with Crippen molar-refractivity contribution in [2.45, 2.75) is 63.8 Å². The van der Waals surface area contributed by atoms with E-state index in [2.05, 4.69) is 5.32 Å². The molecule has 196 valence electrons. The second-order valence-corrected chi connectivity index (χ2v) is 10.4. The van der Waals surface area contributed by atoms with Gasteiger partial charge in [-0.1, -0.05) is 42.5 Å². The van der Waals surface area contributed by atoms with E-state index in [9.17, 15) is 19.5 Å². The zero-order chi connectivity index (χ0) is 26.3. The Kier molecular flexibility index (Phi) is 6.81. The number of amides is 2. The number of aliphatic hydroxyl groups is 1. The quantitative estimate of drug-likeness (QED) is 0.534. The van der Waals surface area contributed by atoms with E-state index >= 15 is 0 Å². The average molecular weight is 507 g/mol. The molecule has 2 unspecified atom stereocenters. The van der Waals surface area contributed by atoms with Crippen molar-refractivity contribution in [2.24, 2.45) is 11.8 Å². The predicted octanol–water partition coefficient (Wildman–Crippen LogP) is 2.78. The van der Waals surface area contributed by atoms with Gasteiger partial charge in [0.15, 0.2) is 0 Å². The number of ether oxygens (including phenoxy) is 2. The number of carbonyl (C=O) groups excluding carboxylic acids is 3. The molecule has 3 heterocycles. The molecule has 8 heteroatoms. The molecular weight excluding hydrogens is 472 g/mol. The number of aliphatic hydroxyl groups excluding tert-OH is 1. The first-order valence-electron chi connectivity index (χ1n) is 13.0. The first kappa shape index (κ1) is 25.4. The van der Waals surface area contributed by atoms with Crippen molar-refractivity contribution in [3.8, 4) is 0 Å². The van der Waals surface area contributed by atoms with Crippen LogP contribution in [0, 0.1) is 25.7 Å². The third-order valence-electron chi connectivity index (χ3n) is 8.11. The molecule has 6 atom stereocenters. The molecule has 8 nitrogen and oxygen atoms in total. The van der Waals surface area contributed by atoms with Gasteiger partial charge in [0.1, 0.15) is 11.6 Å². The van der Waals surface area contributed by atoms with Gasteiger partial charge in [0, 0.05) is 5.69 Å². The van der Waals surface area contributed by atoms with Crippen LogP contribution < -0.4 is 5.32 Å². The van der Waals surface area contributed by atoms with Gasteiger partial charge in [-0.25, -0.2) is 0 Å². The first-order valence-corrected chi connectivity index (χ1v) is 13.0. The Balaban J connectivity index is 1.55. The Bertz CT molecular complexity index is 1200. The zero-order valence-corrected chi connectivity index (χ0v) is 21.5. The topological polar surface area (TPSA) is 105 Å². The molecule has 0 aromatic heterocycles. The molecule has 2 aromatic carbocycles. The van der Waals surface area contributed by atoms with Crippen molar-refractivity contribution < 1.29 is 29.0 Å². The lowest BCUT2D eigenvalue weighted by molar-refractivity contribution is -0.155. The molecule has 0 radical (unpaired) electrons. The summed E-state index contributed by atoms with van der Waals surface area (Å²) < 4.78 is 11.8. The fourth-order valence-corrected chi connectivity index (χ4v) is 6.50. The number of nitrogens with zero attached hydrogens (tertiary/aromatic N) is 1. The number of esters is 1. The third kappa shape index (κ3) is 4.22. The SMILES string of the molecule is CCOC(=O)[C@@H]1[C@@H]2CCC3(O2)C(C(=O)Nc2cc(C)ccc2C)N([C@@H](CO)Cc2ccccc2)C(=O)[C@H]13. The van der Waals surface area contributed by atoms with Gasteiger partial charge < -0.3 is 24.8 Å². The molecule has 3 fully saturated rings. The Morgan fingerprint density at radius 3 is 2.68 bits per heavy atom. The van der Waals surface area contributed by atoms with Gasteiger partial charge in [0.25, 0.3) is 0 Å². The molecule has 3 aliphatic heterocycles. The fourth-order valence-electron chi connectivity index (χ4n) is 6.50. The standard InChI is InChI=1S/C29H34N2O6/c1-4-36-28(35)23-22-12-13-29(37-22)24(23)27(34)31(20(16-32)15-19-8-6-5-7-9-19)25(29)26(33)30-21-14-17(2)10-11-18(21)3/h5-11,14,20,22-25,32H,4,12-13,15-16H2,1-3H3,(H,30,33)/t20-,22+,23-,24+,25?,29?/m1/s1. The monoisotopic (exact) mass is 506 g/mol. The Labute approximate surface area is 216 Å². The number of nitrogens with one attached hydrogen (secondary N) is 1. The van der Waals surface area contributed by atoms with Crippen LogP contribution >= 0.6 is 0 Å². The van der Waals surface area contributed by atoms with Gasteiger partial charge in [0.2, 0.25) is 11.8 Å². The van der Waals surface area contributed by atoms with Crippen LogP contribution in [-0.2, 0) is 30.3 Å². The van der Waals surface area contributed by atoms with Crippen molar-refractivity contribution in [3.63, 3.8) is 0 Å². The molecule has 2 N–H and O–H groups in total. The third-order valence-corrected chi connectivity index (χ3v) is 8.11. The second kappa shape index (κ2) is 9.91. The summed E-state index contributed by atoms with van der Waals surface area (Å²) in [6, 6.07) is 13.7. The Hall–Kier alpha value is -3.23. The van der Waals surface area contributed by atoms with E-state index < -0.39 is 41.6 Å². The smallest absolute Gasteiger partial charge is 0.312 e. The largest absolute Gasteiger partial charge is 0.466 e. The summed E-state index contributed by atoms with van der Waals surface area (Å²) >= 11 is 0. The maximum atomic E-state index is 14.1. The number of anilines is 1. The number of carbonyl (C=O) groups is 3. The highest BCUT2D eigenvalue weighted by atomic mass is 16.6. The summed E-state index contributed by atoms with van der Waals surface area (Å²) in [5.41, 5.74) is 2.34. The number of hydrogen-bond donors (Lipinski definition) is 2. The highest BCUT2D eigenvalue weighted by Crippen LogP contribution is 2.59. The highest BCUT2D eigenvalue weighted by molar-refractivity contribution is 6.03. The maximum absolute atomic E-state index is 14.1. The summed E-state index contributed by atoms with van der Waals surface area (Å²) in [5.74, 6) is -2.77. The summed E-state index contributed by atoms with van der Waals surface area (Å²) in [7, 11) is 0. The lowest BCUT2D eigenvalue weighted by atomic mass is 9.70. The summed E-state index contributed by atoms with van der Waals surface area (Å²) in [6.45, 7) is 5.46. The van der Waals surface area contributed by atoms with E-state index in [4.69, 9.17) is 9.47 Å². The normalized spacial score (nSPS) is 28.8. The molecule has 2 aromatic rings. The molecular formula is C29H34N2O6. The Morgan fingerprint density at radius 1 is 1.22 bits per heavy atom. The maximum Gasteiger partial charge on any atom is 0.312 e. The molecule has 0 aliphatic carbocycles. The minimum Gasteiger partial charge on any atom is -0.466 e. The number of hydrogen-bond acceptors (Lipinski definition) is 6. The summed E-state index contributed by atoms with van der Waals surface area (Å²) in [5, 5.41) is 13.5. The van der Waals surface area contributed by atoms with Gasteiger partial charge in [-0.05, 0) is 62.8 Å².